The Bertz CT molecular complexity index is 546. The smallest absolute Gasteiger partial charge is 0.401 e. The first-order valence-corrected chi connectivity index (χ1v) is 7.27. The Kier molecular flexibility index (Phi) is 4.14. The number of rotatable bonds is 2. The highest BCUT2D eigenvalue weighted by molar-refractivity contribution is 14.1. The Balaban J connectivity index is 3.47. The lowest BCUT2D eigenvalue weighted by atomic mass is 10.4. The third-order valence-electron chi connectivity index (χ3n) is 1.47. The van der Waals surface area contributed by atoms with Crippen LogP contribution in [0.15, 0.2) is 11.1 Å². The van der Waals surface area contributed by atoms with E-state index in [9.17, 15) is 21.6 Å². The molecule has 0 aliphatic carbocycles. The average Bonchev–Trinajstić information content (AvgIpc) is 2.05. The van der Waals surface area contributed by atoms with Gasteiger partial charge in [-0.15, -0.1) is 13.2 Å². The van der Waals surface area contributed by atoms with Crippen molar-refractivity contribution in [3.05, 3.63) is 15.3 Å². The van der Waals surface area contributed by atoms with Gasteiger partial charge in [0.25, 0.3) is 9.05 Å². The highest BCUT2D eigenvalue weighted by atomic mass is 127. The number of hydrogen-bond donors (Lipinski definition) is 0. The molecule has 17 heavy (non-hydrogen) atoms. The van der Waals surface area contributed by atoms with E-state index in [-0.39, 0.29) is 9.26 Å². The van der Waals surface area contributed by atoms with Gasteiger partial charge in [0, 0.05) is 16.4 Å². The summed E-state index contributed by atoms with van der Waals surface area (Å²) >= 11 is 1.50. The predicted octanol–water partition coefficient (Wildman–Crippen LogP) is 2.82. The van der Waals surface area contributed by atoms with Crippen molar-refractivity contribution in [3.63, 3.8) is 0 Å². The summed E-state index contributed by atoms with van der Waals surface area (Å²) in [5, 5.41) is -0.944. The van der Waals surface area contributed by atoms with E-state index in [4.69, 9.17) is 10.7 Å². The van der Waals surface area contributed by atoms with Gasteiger partial charge in [-0.2, -0.15) is 0 Å². The van der Waals surface area contributed by atoms with Crippen LogP contribution < -0.4 is 4.74 Å². The topological polar surface area (TPSA) is 56.3 Å². The molecule has 0 aliphatic heterocycles. The lowest BCUT2D eigenvalue weighted by molar-refractivity contribution is -0.276. The molecule has 10 heteroatoms. The van der Waals surface area contributed by atoms with Crippen molar-refractivity contribution in [2.45, 2.75) is 18.3 Å². The maximum Gasteiger partial charge on any atom is 0.573 e. The first-order valence-electron chi connectivity index (χ1n) is 3.88. The SMILES string of the molecule is Cc1cc(I)c(OC(F)(F)F)c(S(=O)(=O)Cl)n1. The van der Waals surface area contributed by atoms with Gasteiger partial charge in [-0.1, -0.05) is 0 Å². The highest BCUT2D eigenvalue weighted by Crippen LogP contribution is 2.34. The monoisotopic (exact) mass is 401 g/mol. The summed E-state index contributed by atoms with van der Waals surface area (Å²) in [4.78, 5) is 3.44. The van der Waals surface area contributed by atoms with Gasteiger partial charge in [0.1, 0.15) is 0 Å². The van der Waals surface area contributed by atoms with Crippen molar-refractivity contribution in [3.8, 4) is 5.75 Å². The van der Waals surface area contributed by atoms with Crippen LogP contribution in [-0.4, -0.2) is 19.8 Å². The molecule has 0 amide bonds. The van der Waals surface area contributed by atoms with Crippen molar-refractivity contribution in [1.82, 2.24) is 4.98 Å². The molecule has 0 fully saturated rings. The minimum Gasteiger partial charge on any atom is -0.401 e. The molecular weight excluding hydrogens is 397 g/mol. The van der Waals surface area contributed by atoms with E-state index in [1.165, 1.54) is 35.6 Å². The van der Waals surface area contributed by atoms with Crippen LogP contribution in [-0.2, 0) is 9.05 Å². The zero-order valence-corrected chi connectivity index (χ0v) is 11.8. The molecule has 0 radical (unpaired) electrons. The Labute approximate surface area is 113 Å². The van der Waals surface area contributed by atoms with Crippen molar-refractivity contribution >= 4 is 42.3 Å². The molecule has 0 aromatic carbocycles. The molecular formula is C7H4ClF3INO3S. The van der Waals surface area contributed by atoms with Crippen molar-refractivity contribution in [2.75, 3.05) is 0 Å². The summed E-state index contributed by atoms with van der Waals surface area (Å²) < 4.78 is 62.1. The van der Waals surface area contributed by atoms with Crippen molar-refractivity contribution in [2.24, 2.45) is 0 Å². The van der Waals surface area contributed by atoms with Crippen LogP contribution in [0.2, 0.25) is 0 Å². The van der Waals surface area contributed by atoms with Gasteiger partial charge in [0.05, 0.1) is 3.57 Å². The van der Waals surface area contributed by atoms with Gasteiger partial charge in [0.15, 0.2) is 5.75 Å². The fourth-order valence-electron chi connectivity index (χ4n) is 0.968. The minimum atomic E-state index is -5.02. The first kappa shape index (κ1) is 14.8. The van der Waals surface area contributed by atoms with Gasteiger partial charge in [0.2, 0.25) is 5.03 Å². The number of aryl methyl sites for hydroxylation is 1. The molecule has 4 nitrogen and oxygen atoms in total. The van der Waals surface area contributed by atoms with E-state index in [0.29, 0.717) is 0 Å². The fourth-order valence-corrected chi connectivity index (χ4v) is 2.91. The lowest BCUT2D eigenvalue weighted by Crippen LogP contribution is -2.20. The molecule has 0 saturated heterocycles. The maximum atomic E-state index is 12.1. The lowest BCUT2D eigenvalue weighted by Gasteiger charge is -2.13. The second-order valence-electron chi connectivity index (χ2n) is 2.87. The maximum absolute atomic E-state index is 12.1. The van der Waals surface area contributed by atoms with Crippen molar-refractivity contribution < 1.29 is 26.3 Å². The van der Waals surface area contributed by atoms with E-state index < -0.39 is 26.2 Å². The van der Waals surface area contributed by atoms with E-state index in [2.05, 4.69) is 9.72 Å². The van der Waals surface area contributed by atoms with E-state index >= 15 is 0 Å². The number of hydrogen-bond acceptors (Lipinski definition) is 4. The Morgan fingerprint density at radius 1 is 1.47 bits per heavy atom. The van der Waals surface area contributed by atoms with Crippen LogP contribution >= 0.6 is 33.3 Å². The molecule has 0 unspecified atom stereocenters. The Morgan fingerprint density at radius 2 is 2.00 bits per heavy atom. The molecule has 0 spiro atoms. The van der Waals surface area contributed by atoms with Crippen molar-refractivity contribution in [1.29, 1.82) is 0 Å². The number of nitrogens with zero attached hydrogens (tertiary/aromatic N) is 1. The van der Waals surface area contributed by atoms with Gasteiger partial charge in [-0.05, 0) is 35.6 Å². The van der Waals surface area contributed by atoms with Crippen LogP contribution in [0, 0.1) is 10.5 Å². The second-order valence-corrected chi connectivity index (χ2v) is 6.51. The van der Waals surface area contributed by atoms with E-state index in [1.807, 2.05) is 0 Å². The zero-order chi connectivity index (χ0) is 13.4. The normalized spacial score (nSPS) is 12.6. The molecule has 1 aromatic rings. The number of halogens is 5. The summed E-state index contributed by atoms with van der Waals surface area (Å²) in [6.07, 6.45) is -5.02. The number of alkyl halides is 3. The van der Waals surface area contributed by atoms with E-state index in [0.717, 1.165) is 0 Å². The predicted molar refractivity (Wildman–Crippen MR) is 61.4 cm³/mol. The van der Waals surface area contributed by atoms with Crippen LogP contribution in [0.5, 0.6) is 5.75 Å². The molecule has 1 heterocycles. The average molecular weight is 402 g/mol. The molecule has 96 valence electrons. The summed E-state index contributed by atoms with van der Waals surface area (Å²) in [5.74, 6) is -0.918. The Hall–Kier alpha value is -0.290. The van der Waals surface area contributed by atoms with Gasteiger partial charge >= 0.3 is 6.36 Å². The molecule has 1 rings (SSSR count). The molecule has 0 saturated carbocycles. The number of ether oxygens (including phenoxy) is 1. The summed E-state index contributed by atoms with van der Waals surface area (Å²) in [5.41, 5.74) is 0.211. The molecule has 0 N–H and O–H groups in total. The van der Waals surface area contributed by atoms with Gasteiger partial charge in [-0.25, -0.2) is 13.4 Å². The van der Waals surface area contributed by atoms with Gasteiger partial charge in [-0.3, -0.25) is 0 Å². The second kappa shape index (κ2) is 4.76. The van der Waals surface area contributed by atoms with Crippen LogP contribution in [0.25, 0.3) is 0 Å². The third kappa shape index (κ3) is 4.14. The van der Waals surface area contributed by atoms with E-state index in [1.54, 1.807) is 0 Å². The molecule has 1 aromatic heterocycles. The van der Waals surface area contributed by atoms with Crippen LogP contribution in [0.3, 0.4) is 0 Å². The van der Waals surface area contributed by atoms with Gasteiger partial charge < -0.3 is 4.74 Å². The minimum absolute atomic E-state index is 0.0494. The quantitative estimate of drug-likeness (QED) is 0.565. The Morgan fingerprint density at radius 3 is 2.41 bits per heavy atom. The first-order chi connectivity index (χ1) is 7.50. The zero-order valence-electron chi connectivity index (χ0n) is 8.05. The summed E-state index contributed by atoms with van der Waals surface area (Å²) in [6.45, 7) is 1.42. The van der Waals surface area contributed by atoms with Crippen LogP contribution in [0.1, 0.15) is 5.69 Å². The van der Waals surface area contributed by atoms with Crippen LogP contribution in [0.4, 0.5) is 13.2 Å². The summed E-state index contributed by atoms with van der Waals surface area (Å²) in [6, 6.07) is 1.24. The number of aromatic nitrogens is 1. The number of pyridine rings is 1. The largest absolute Gasteiger partial charge is 0.573 e. The standard InChI is InChI=1S/C7H4ClF3INO3S/c1-3-2-4(12)5(16-7(9,10)11)6(13-3)17(8,14)15/h2H,1H3. The molecule has 0 aliphatic rings. The highest BCUT2D eigenvalue weighted by Gasteiger charge is 2.35. The summed E-state index contributed by atoms with van der Waals surface area (Å²) in [7, 11) is 0.576. The fraction of sp³-hybridized carbons (Fsp3) is 0.286. The molecule has 0 bridgehead atoms. The molecule has 0 atom stereocenters. The third-order valence-corrected chi connectivity index (χ3v) is 3.45.